The van der Waals surface area contributed by atoms with Crippen molar-refractivity contribution in [3.05, 3.63) is 46.6 Å². The molecule has 1 N–H and O–H groups in total. The van der Waals surface area contributed by atoms with Gasteiger partial charge in [0.05, 0.1) is 23.5 Å². The Morgan fingerprint density at radius 2 is 2.08 bits per heavy atom. The van der Waals surface area contributed by atoms with Gasteiger partial charge in [0, 0.05) is 19.4 Å². The first-order valence-corrected chi connectivity index (χ1v) is 8.49. The zero-order valence-electron chi connectivity index (χ0n) is 14.1. The highest BCUT2D eigenvalue weighted by Crippen LogP contribution is 2.16. The van der Waals surface area contributed by atoms with Crippen LogP contribution in [0.5, 0.6) is 0 Å². The molecule has 0 unspecified atom stereocenters. The number of halogens is 1. The molecule has 3 aromatic rings. The molecule has 3 aromatic heterocycles. The fraction of sp³-hybridized carbons (Fsp3) is 0.267. The van der Waals surface area contributed by atoms with Gasteiger partial charge in [0.1, 0.15) is 18.1 Å². The first kappa shape index (κ1) is 17.9. The average molecular weight is 422 g/mol. The van der Waals surface area contributed by atoms with Gasteiger partial charge in [-0.15, -0.1) is 0 Å². The van der Waals surface area contributed by atoms with Gasteiger partial charge in [-0.1, -0.05) is 0 Å². The van der Waals surface area contributed by atoms with Crippen molar-refractivity contribution in [1.29, 1.82) is 0 Å². The predicted octanol–water partition coefficient (Wildman–Crippen LogP) is 1.51. The molecule has 3 heterocycles. The molecule has 0 fully saturated rings. The lowest BCUT2D eigenvalue weighted by Gasteiger charge is -2.07. The molecule has 0 aliphatic rings. The van der Waals surface area contributed by atoms with Crippen LogP contribution in [0.15, 0.2) is 35.3 Å². The predicted molar refractivity (Wildman–Crippen MR) is 94.7 cm³/mol. The van der Waals surface area contributed by atoms with Crippen molar-refractivity contribution in [2.75, 3.05) is 11.9 Å². The van der Waals surface area contributed by atoms with Crippen LogP contribution in [0, 0.1) is 0 Å². The third kappa shape index (κ3) is 3.82. The van der Waals surface area contributed by atoms with Crippen LogP contribution in [0.25, 0.3) is 0 Å². The normalized spacial score (nSPS) is 10.7. The van der Waals surface area contributed by atoms with Gasteiger partial charge in [0.25, 0.3) is 5.91 Å². The summed E-state index contributed by atoms with van der Waals surface area (Å²) in [5.74, 6) is -0.760. The highest BCUT2D eigenvalue weighted by molar-refractivity contribution is 9.10. The summed E-state index contributed by atoms with van der Waals surface area (Å²) in [6.07, 6.45) is 6.47. The van der Waals surface area contributed by atoms with E-state index >= 15 is 0 Å². The first-order chi connectivity index (χ1) is 12.5. The number of esters is 1. The average Bonchev–Trinajstić information content (AvgIpc) is 3.30. The minimum absolute atomic E-state index is 0.184. The maximum atomic E-state index is 12.5. The number of aromatic nitrogens is 6. The van der Waals surface area contributed by atoms with Gasteiger partial charge in [0.15, 0.2) is 5.69 Å². The Kier molecular flexibility index (Phi) is 5.16. The Balaban J connectivity index is 1.73. The van der Waals surface area contributed by atoms with E-state index in [0.717, 1.165) is 4.47 Å². The van der Waals surface area contributed by atoms with Crippen molar-refractivity contribution < 1.29 is 14.3 Å². The highest BCUT2D eigenvalue weighted by Gasteiger charge is 2.20. The Bertz CT molecular complexity index is 943. The van der Waals surface area contributed by atoms with E-state index in [0.29, 0.717) is 6.67 Å². The van der Waals surface area contributed by atoms with Crippen LogP contribution in [0.1, 0.15) is 27.8 Å². The number of anilines is 1. The van der Waals surface area contributed by atoms with Crippen molar-refractivity contribution in [1.82, 2.24) is 29.3 Å². The standard InChI is InChI=1S/C15H16BrN7O3/c1-3-26-15(25)11-7-17-21(2)13(11)19-14(24)12-4-5-22(20-12)9-23-8-10(16)6-18-23/h4-8H,3,9H2,1-2H3,(H,19,24). The molecule has 26 heavy (non-hydrogen) atoms. The first-order valence-electron chi connectivity index (χ1n) is 7.69. The Labute approximate surface area is 156 Å². The van der Waals surface area contributed by atoms with Gasteiger partial charge < -0.3 is 10.1 Å². The minimum Gasteiger partial charge on any atom is -0.462 e. The largest absolute Gasteiger partial charge is 0.462 e. The minimum atomic E-state index is -0.550. The number of nitrogens with one attached hydrogen (secondary N) is 1. The van der Waals surface area contributed by atoms with Crippen LogP contribution in [-0.2, 0) is 18.5 Å². The van der Waals surface area contributed by atoms with E-state index in [-0.39, 0.29) is 23.7 Å². The second kappa shape index (κ2) is 7.52. The quantitative estimate of drug-likeness (QED) is 0.604. The van der Waals surface area contributed by atoms with E-state index in [9.17, 15) is 9.59 Å². The molecule has 10 nitrogen and oxygen atoms in total. The van der Waals surface area contributed by atoms with Gasteiger partial charge in [-0.3, -0.25) is 14.2 Å². The van der Waals surface area contributed by atoms with E-state index in [1.54, 1.807) is 48.0 Å². The van der Waals surface area contributed by atoms with Crippen LogP contribution in [0.2, 0.25) is 0 Å². The number of nitrogens with zero attached hydrogens (tertiary/aromatic N) is 6. The van der Waals surface area contributed by atoms with Crippen molar-refractivity contribution in [3.8, 4) is 0 Å². The number of amides is 1. The number of ether oxygens (including phenoxy) is 1. The number of rotatable bonds is 6. The molecule has 136 valence electrons. The van der Waals surface area contributed by atoms with Crippen LogP contribution in [-0.4, -0.2) is 47.8 Å². The summed E-state index contributed by atoms with van der Waals surface area (Å²) in [5, 5.41) is 15.0. The monoisotopic (exact) mass is 421 g/mol. The van der Waals surface area contributed by atoms with Crippen molar-refractivity contribution in [2.24, 2.45) is 7.05 Å². The molecule has 0 radical (unpaired) electrons. The maximum Gasteiger partial charge on any atom is 0.343 e. The molecule has 0 aromatic carbocycles. The molecule has 0 atom stereocenters. The number of carbonyl (C=O) groups excluding carboxylic acids is 2. The second-order valence-electron chi connectivity index (χ2n) is 5.28. The lowest BCUT2D eigenvalue weighted by molar-refractivity contribution is 0.0527. The van der Waals surface area contributed by atoms with E-state index in [4.69, 9.17) is 4.74 Å². The molecule has 0 saturated carbocycles. The third-order valence-electron chi connectivity index (χ3n) is 3.43. The van der Waals surface area contributed by atoms with Gasteiger partial charge in [-0.25, -0.2) is 9.48 Å². The van der Waals surface area contributed by atoms with E-state index in [2.05, 4.69) is 36.5 Å². The van der Waals surface area contributed by atoms with Gasteiger partial charge in [-0.05, 0) is 28.9 Å². The number of carbonyl (C=O) groups is 2. The fourth-order valence-corrected chi connectivity index (χ4v) is 2.57. The molecular formula is C15H16BrN7O3. The van der Waals surface area contributed by atoms with Crippen molar-refractivity contribution in [3.63, 3.8) is 0 Å². The molecule has 1 amide bonds. The van der Waals surface area contributed by atoms with Gasteiger partial charge >= 0.3 is 5.97 Å². The number of hydrogen-bond donors (Lipinski definition) is 1. The Morgan fingerprint density at radius 1 is 1.27 bits per heavy atom. The van der Waals surface area contributed by atoms with Crippen molar-refractivity contribution >= 4 is 33.6 Å². The summed E-state index contributed by atoms with van der Waals surface area (Å²) in [5.41, 5.74) is 0.385. The zero-order chi connectivity index (χ0) is 18.7. The summed E-state index contributed by atoms with van der Waals surface area (Å²) in [6.45, 7) is 2.30. The summed E-state index contributed by atoms with van der Waals surface area (Å²) >= 11 is 3.32. The molecule has 0 bridgehead atoms. The number of aryl methyl sites for hydroxylation is 1. The van der Waals surface area contributed by atoms with E-state index < -0.39 is 11.9 Å². The highest BCUT2D eigenvalue weighted by atomic mass is 79.9. The lowest BCUT2D eigenvalue weighted by Crippen LogP contribution is -2.19. The summed E-state index contributed by atoms with van der Waals surface area (Å²) in [4.78, 5) is 24.4. The van der Waals surface area contributed by atoms with Crippen LogP contribution in [0.3, 0.4) is 0 Å². The molecule has 0 saturated heterocycles. The van der Waals surface area contributed by atoms with Gasteiger partial charge in [0.2, 0.25) is 0 Å². The molecule has 0 aliphatic heterocycles. The molecular weight excluding hydrogens is 406 g/mol. The Hall–Kier alpha value is -2.95. The molecule has 0 aliphatic carbocycles. The molecule has 3 rings (SSSR count). The SMILES string of the molecule is CCOC(=O)c1cnn(C)c1NC(=O)c1ccn(Cn2cc(Br)cn2)n1. The second-order valence-corrected chi connectivity index (χ2v) is 6.20. The van der Waals surface area contributed by atoms with Gasteiger partial charge in [-0.2, -0.15) is 15.3 Å². The van der Waals surface area contributed by atoms with E-state index in [1.807, 2.05) is 0 Å². The number of hydrogen-bond acceptors (Lipinski definition) is 6. The fourth-order valence-electron chi connectivity index (χ4n) is 2.24. The summed E-state index contributed by atoms with van der Waals surface area (Å²) in [7, 11) is 1.62. The third-order valence-corrected chi connectivity index (χ3v) is 3.84. The Morgan fingerprint density at radius 3 is 2.77 bits per heavy atom. The summed E-state index contributed by atoms with van der Waals surface area (Å²) in [6, 6.07) is 1.58. The molecule has 0 spiro atoms. The topological polar surface area (TPSA) is 109 Å². The summed E-state index contributed by atoms with van der Waals surface area (Å²) < 4.78 is 10.4. The maximum absolute atomic E-state index is 12.5. The van der Waals surface area contributed by atoms with Crippen LogP contribution >= 0.6 is 15.9 Å². The zero-order valence-corrected chi connectivity index (χ0v) is 15.7. The lowest BCUT2D eigenvalue weighted by atomic mass is 10.3. The van der Waals surface area contributed by atoms with Crippen molar-refractivity contribution in [2.45, 2.75) is 13.6 Å². The van der Waals surface area contributed by atoms with Crippen LogP contribution in [0.4, 0.5) is 5.82 Å². The smallest absolute Gasteiger partial charge is 0.343 e. The van der Waals surface area contributed by atoms with E-state index in [1.165, 1.54) is 10.9 Å². The van der Waals surface area contributed by atoms with Crippen LogP contribution < -0.4 is 5.32 Å². The molecule has 11 heteroatoms.